The van der Waals surface area contributed by atoms with E-state index in [4.69, 9.17) is 5.11 Å². The first kappa shape index (κ1) is 15.8. The van der Waals surface area contributed by atoms with Crippen LogP contribution in [-0.2, 0) is 0 Å². The van der Waals surface area contributed by atoms with E-state index in [0.29, 0.717) is 30.3 Å². The van der Waals surface area contributed by atoms with Crippen LogP contribution in [0.4, 0.5) is 4.79 Å². The van der Waals surface area contributed by atoms with Crippen molar-refractivity contribution in [3.63, 3.8) is 0 Å². The van der Waals surface area contributed by atoms with Crippen LogP contribution in [0, 0.1) is 11.8 Å². The van der Waals surface area contributed by atoms with Gasteiger partial charge in [-0.1, -0.05) is 18.2 Å². The Kier molecular flexibility index (Phi) is 3.40. The number of nitrogens with zero attached hydrogens (tertiary/aromatic N) is 3. The molecule has 27 heavy (non-hydrogen) atoms. The lowest BCUT2D eigenvalue weighted by Gasteiger charge is -2.19. The van der Waals surface area contributed by atoms with E-state index in [1.54, 1.807) is 17.0 Å². The summed E-state index contributed by atoms with van der Waals surface area (Å²) in [6.07, 6.45) is -1.01. The zero-order chi connectivity index (χ0) is 18.5. The van der Waals surface area contributed by atoms with E-state index in [9.17, 15) is 9.59 Å². The van der Waals surface area contributed by atoms with Gasteiger partial charge in [0.2, 0.25) is 0 Å². The second-order valence-corrected chi connectivity index (χ2v) is 7.02. The van der Waals surface area contributed by atoms with Crippen molar-refractivity contribution in [2.45, 2.75) is 6.04 Å². The molecule has 3 N–H and O–H groups in total. The van der Waals surface area contributed by atoms with Crippen LogP contribution in [0.2, 0.25) is 0 Å². The minimum absolute atomic E-state index is 0.0265. The lowest BCUT2D eigenvalue weighted by atomic mass is 10.2. The second-order valence-electron chi connectivity index (χ2n) is 7.02. The minimum Gasteiger partial charge on any atom is -0.465 e. The number of carbonyl (C=O) groups excluding carboxylic acids is 1. The van der Waals surface area contributed by atoms with E-state index in [1.807, 2.05) is 30.3 Å². The molecule has 2 aromatic heterocycles. The molecule has 1 aromatic carbocycles. The molecular weight excluding hydrogens is 346 g/mol. The van der Waals surface area contributed by atoms with Crippen molar-refractivity contribution < 1.29 is 14.7 Å². The Morgan fingerprint density at radius 1 is 1.07 bits per heavy atom. The van der Waals surface area contributed by atoms with Crippen LogP contribution >= 0.6 is 0 Å². The molecule has 136 valence electrons. The average Bonchev–Trinajstić information content (AvgIpc) is 3.08. The van der Waals surface area contributed by atoms with Gasteiger partial charge >= 0.3 is 6.09 Å². The molecule has 1 aliphatic heterocycles. The van der Waals surface area contributed by atoms with Crippen LogP contribution in [0.15, 0.2) is 42.5 Å². The molecule has 3 heterocycles. The van der Waals surface area contributed by atoms with Gasteiger partial charge in [-0.25, -0.2) is 14.8 Å². The van der Waals surface area contributed by atoms with Crippen molar-refractivity contribution in [1.82, 2.24) is 25.2 Å². The summed E-state index contributed by atoms with van der Waals surface area (Å²) in [6, 6.07) is 13.0. The third-order valence-electron chi connectivity index (χ3n) is 5.37. The number of rotatable bonds is 3. The standard InChI is InChI=1S/C19H17N5O3/c25-18(24-8-10-11(9-24)16(10)23-19(26)27)15-7-3-6-14(20-15)17-21-12-4-1-2-5-13(12)22-17/h1-7,10-11,16,23H,8-9H2,(H,21,22)(H,26,27). The number of hydrogen-bond donors (Lipinski definition) is 3. The lowest BCUT2D eigenvalue weighted by Crippen LogP contribution is -2.37. The van der Waals surface area contributed by atoms with Crippen molar-refractivity contribution in [3.8, 4) is 11.5 Å². The fourth-order valence-electron chi connectivity index (χ4n) is 3.97. The van der Waals surface area contributed by atoms with Crippen molar-refractivity contribution in [2.75, 3.05) is 13.1 Å². The maximum Gasteiger partial charge on any atom is 0.404 e. The quantitative estimate of drug-likeness (QED) is 0.659. The molecule has 8 heteroatoms. The number of piperidine rings is 1. The summed E-state index contributed by atoms with van der Waals surface area (Å²) in [5.41, 5.74) is 2.76. The van der Waals surface area contributed by atoms with Crippen LogP contribution < -0.4 is 5.32 Å². The van der Waals surface area contributed by atoms with Gasteiger partial charge in [0.15, 0.2) is 5.82 Å². The number of imidazole rings is 1. The number of aromatic nitrogens is 3. The molecule has 0 bridgehead atoms. The van der Waals surface area contributed by atoms with Crippen molar-refractivity contribution in [2.24, 2.45) is 11.8 Å². The first-order chi connectivity index (χ1) is 13.1. The SMILES string of the molecule is O=C(O)NC1C2CN(C(=O)c3cccc(-c4nc5ccccc5[nH]4)n3)CC21. The fraction of sp³-hybridized carbons (Fsp3) is 0.263. The van der Waals surface area contributed by atoms with Gasteiger partial charge in [0.05, 0.1) is 11.0 Å². The third kappa shape index (κ3) is 2.69. The van der Waals surface area contributed by atoms with Gasteiger partial charge in [0.25, 0.3) is 5.91 Å². The highest BCUT2D eigenvalue weighted by molar-refractivity contribution is 5.93. The summed E-state index contributed by atoms with van der Waals surface area (Å²) in [4.78, 5) is 37.5. The zero-order valence-electron chi connectivity index (χ0n) is 14.3. The molecule has 2 aliphatic rings. The van der Waals surface area contributed by atoms with Crippen LogP contribution in [0.5, 0.6) is 0 Å². The van der Waals surface area contributed by atoms with Crippen molar-refractivity contribution in [3.05, 3.63) is 48.2 Å². The van der Waals surface area contributed by atoms with Gasteiger partial charge in [-0.2, -0.15) is 0 Å². The number of H-pyrrole nitrogens is 1. The van der Waals surface area contributed by atoms with E-state index >= 15 is 0 Å². The minimum atomic E-state index is -1.01. The Morgan fingerprint density at radius 3 is 2.59 bits per heavy atom. The summed E-state index contributed by atoms with van der Waals surface area (Å²) in [6.45, 7) is 1.12. The van der Waals surface area contributed by atoms with E-state index in [0.717, 1.165) is 11.0 Å². The molecule has 0 radical (unpaired) electrons. The number of aromatic amines is 1. The largest absolute Gasteiger partial charge is 0.465 e. The first-order valence-corrected chi connectivity index (χ1v) is 8.81. The number of benzene rings is 1. The Balaban J connectivity index is 1.34. The number of carbonyl (C=O) groups is 2. The Bertz CT molecular complexity index is 1020. The number of likely N-dealkylation sites (tertiary alicyclic amines) is 1. The highest BCUT2D eigenvalue weighted by Gasteiger charge is 2.57. The maximum atomic E-state index is 12.8. The maximum absolute atomic E-state index is 12.8. The fourth-order valence-corrected chi connectivity index (χ4v) is 3.97. The second kappa shape index (κ2) is 5.80. The Hall–Kier alpha value is -3.42. The summed E-state index contributed by atoms with van der Waals surface area (Å²) in [5, 5.41) is 11.3. The summed E-state index contributed by atoms with van der Waals surface area (Å²) >= 11 is 0. The molecule has 0 spiro atoms. The molecule has 2 atom stereocenters. The van der Waals surface area contributed by atoms with Gasteiger partial charge < -0.3 is 20.3 Å². The zero-order valence-corrected chi connectivity index (χ0v) is 14.3. The van der Waals surface area contributed by atoms with Gasteiger partial charge in [0, 0.05) is 31.0 Å². The molecular formula is C19H17N5O3. The molecule has 8 nitrogen and oxygen atoms in total. The number of nitrogens with one attached hydrogen (secondary N) is 2. The highest BCUT2D eigenvalue weighted by atomic mass is 16.4. The average molecular weight is 363 g/mol. The molecule has 1 aliphatic carbocycles. The molecule has 3 aromatic rings. The van der Waals surface area contributed by atoms with E-state index < -0.39 is 6.09 Å². The Morgan fingerprint density at radius 2 is 1.85 bits per heavy atom. The van der Waals surface area contributed by atoms with E-state index in [2.05, 4.69) is 20.3 Å². The van der Waals surface area contributed by atoms with Crippen molar-refractivity contribution >= 4 is 23.0 Å². The topological polar surface area (TPSA) is 111 Å². The van der Waals surface area contributed by atoms with Gasteiger partial charge in [-0.3, -0.25) is 4.79 Å². The summed E-state index contributed by atoms with van der Waals surface area (Å²) in [5.74, 6) is 0.919. The molecule has 2 fully saturated rings. The molecule has 2 unspecified atom stereocenters. The van der Waals surface area contributed by atoms with Crippen LogP contribution in [0.25, 0.3) is 22.6 Å². The van der Waals surface area contributed by atoms with Gasteiger partial charge in [-0.05, 0) is 24.3 Å². The number of amides is 2. The smallest absolute Gasteiger partial charge is 0.404 e. The normalized spacial score (nSPS) is 23.3. The summed E-state index contributed by atoms with van der Waals surface area (Å²) < 4.78 is 0. The van der Waals surface area contributed by atoms with Crippen molar-refractivity contribution in [1.29, 1.82) is 0 Å². The van der Waals surface area contributed by atoms with Gasteiger partial charge in [-0.15, -0.1) is 0 Å². The monoisotopic (exact) mass is 363 g/mol. The van der Waals surface area contributed by atoms with E-state index in [1.165, 1.54) is 0 Å². The number of hydrogen-bond acceptors (Lipinski definition) is 4. The molecule has 5 rings (SSSR count). The van der Waals surface area contributed by atoms with Gasteiger partial charge in [0.1, 0.15) is 11.4 Å². The van der Waals surface area contributed by atoms with Crippen LogP contribution in [0.3, 0.4) is 0 Å². The number of fused-ring (bicyclic) bond motifs is 2. The molecule has 2 amide bonds. The lowest BCUT2D eigenvalue weighted by molar-refractivity contribution is 0.0765. The first-order valence-electron chi connectivity index (χ1n) is 8.81. The van der Waals surface area contributed by atoms with E-state index in [-0.39, 0.29) is 23.8 Å². The number of para-hydroxylation sites is 2. The summed E-state index contributed by atoms with van der Waals surface area (Å²) in [7, 11) is 0. The van der Waals surface area contributed by atoms with Crippen LogP contribution in [-0.4, -0.2) is 56.1 Å². The van der Waals surface area contributed by atoms with Crippen LogP contribution in [0.1, 0.15) is 10.5 Å². The third-order valence-corrected chi connectivity index (χ3v) is 5.37. The molecule has 1 saturated carbocycles. The molecule has 1 saturated heterocycles. The predicted octanol–water partition coefficient (Wildman–Crippen LogP) is 1.96. The highest BCUT2D eigenvalue weighted by Crippen LogP contribution is 2.45. The Labute approximate surface area is 154 Å². The number of carboxylic acid groups (broad SMARTS) is 1. The number of pyridine rings is 1. The predicted molar refractivity (Wildman–Crippen MR) is 97.2 cm³/mol.